The van der Waals surface area contributed by atoms with Crippen molar-refractivity contribution in [1.29, 1.82) is 0 Å². The largest absolute Gasteiger partial charge is 0.352 e. The summed E-state index contributed by atoms with van der Waals surface area (Å²) < 4.78 is 26.1. The van der Waals surface area contributed by atoms with Crippen molar-refractivity contribution in [2.75, 3.05) is 13.1 Å². The molecule has 1 atom stereocenters. The van der Waals surface area contributed by atoms with E-state index in [1.807, 2.05) is 0 Å². The van der Waals surface area contributed by atoms with Crippen LogP contribution in [0.3, 0.4) is 0 Å². The van der Waals surface area contributed by atoms with Crippen molar-refractivity contribution in [2.45, 2.75) is 30.5 Å². The number of H-pyrrole nitrogens is 1. The Morgan fingerprint density at radius 2 is 2.21 bits per heavy atom. The molecule has 19 heavy (non-hydrogen) atoms. The van der Waals surface area contributed by atoms with E-state index in [2.05, 4.69) is 10.3 Å². The summed E-state index contributed by atoms with van der Waals surface area (Å²) in [5.74, 6) is -0.174. The first kappa shape index (κ1) is 14.2. The van der Waals surface area contributed by atoms with Crippen LogP contribution in [0.5, 0.6) is 0 Å². The van der Waals surface area contributed by atoms with Gasteiger partial charge >= 0.3 is 4.87 Å². The number of aryl methyl sites for hydroxylation is 1. The van der Waals surface area contributed by atoms with Crippen LogP contribution in [0.25, 0.3) is 0 Å². The number of hydrogen-bond donors (Lipinski definition) is 2. The lowest BCUT2D eigenvalue weighted by atomic mass is 10.3. The fraction of sp³-hybridized carbons (Fsp3) is 0.600. The molecule has 1 saturated heterocycles. The topological polar surface area (TPSA) is 99.3 Å². The molecule has 2 N–H and O–H groups in total. The third-order valence-electron chi connectivity index (χ3n) is 2.91. The minimum absolute atomic E-state index is 0.0565. The van der Waals surface area contributed by atoms with Crippen LogP contribution in [0.2, 0.25) is 0 Å². The molecule has 106 valence electrons. The Labute approximate surface area is 114 Å². The average Bonchev–Trinajstić information content (AvgIpc) is 2.85. The molecule has 2 heterocycles. The van der Waals surface area contributed by atoms with E-state index in [-0.39, 0.29) is 27.6 Å². The van der Waals surface area contributed by atoms with Crippen molar-refractivity contribution >= 4 is 27.3 Å². The monoisotopic (exact) mass is 305 g/mol. The number of carbonyl (C=O) groups excluding carboxylic acids is 1. The minimum Gasteiger partial charge on any atom is -0.352 e. The lowest BCUT2D eigenvalue weighted by molar-refractivity contribution is -0.119. The lowest BCUT2D eigenvalue weighted by Crippen LogP contribution is -2.37. The van der Waals surface area contributed by atoms with Crippen molar-refractivity contribution < 1.29 is 13.2 Å². The average molecular weight is 305 g/mol. The number of thiazole rings is 1. The number of aromatic amines is 1. The van der Waals surface area contributed by atoms with E-state index >= 15 is 0 Å². The molecule has 2 rings (SSSR count). The number of hydrogen-bond acceptors (Lipinski definition) is 5. The molecule has 9 heteroatoms. The first-order chi connectivity index (χ1) is 8.80. The van der Waals surface area contributed by atoms with Gasteiger partial charge in [0, 0.05) is 31.7 Å². The summed E-state index contributed by atoms with van der Waals surface area (Å²) in [6, 6.07) is -0.164. The maximum absolute atomic E-state index is 12.4. The fourth-order valence-electron chi connectivity index (χ4n) is 2.11. The number of nitrogens with zero attached hydrogens (tertiary/aromatic N) is 1. The number of sulfonamides is 1. The van der Waals surface area contributed by atoms with E-state index < -0.39 is 10.0 Å². The molecule has 1 unspecified atom stereocenters. The summed E-state index contributed by atoms with van der Waals surface area (Å²) in [7, 11) is -3.65. The van der Waals surface area contributed by atoms with Gasteiger partial charge in [-0.05, 0) is 13.3 Å². The standard InChI is InChI=1S/C10H15N3O4S2/c1-6-9(18-10(15)11-6)19(16,17)13-4-3-8(5-13)12-7(2)14/h8H,3-5H2,1-2H3,(H,11,15)(H,12,14). The van der Waals surface area contributed by atoms with Gasteiger partial charge in [-0.15, -0.1) is 0 Å². The van der Waals surface area contributed by atoms with Gasteiger partial charge in [-0.2, -0.15) is 4.31 Å². The molecule has 0 spiro atoms. The highest BCUT2D eigenvalue weighted by molar-refractivity contribution is 7.91. The van der Waals surface area contributed by atoms with Gasteiger partial charge < -0.3 is 10.3 Å². The maximum Gasteiger partial charge on any atom is 0.305 e. The zero-order chi connectivity index (χ0) is 14.2. The van der Waals surface area contributed by atoms with Crippen molar-refractivity contribution in [1.82, 2.24) is 14.6 Å². The Morgan fingerprint density at radius 3 is 2.74 bits per heavy atom. The van der Waals surface area contributed by atoms with Crippen molar-refractivity contribution in [3.8, 4) is 0 Å². The fourth-order valence-corrected chi connectivity index (χ4v) is 5.04. The highest BCUT2D eigenvalue weighted by atomic mass is 32.2. The van der Waals surface area contributed by atoms with Gasteiger partial charge in [-0.3, -0.25) is 9.59 Å². The second kappa shape index (κ2) is 5.06. The van der Waals surface area contributed by atoms with Gasteiger partial charge in [0.15, 0.2) is 4.21 Å². The predicted molar refractivity (Wildman–Crippen MR) is 70.7 cm³/mol. The van der Waals surface area contributed by atoms with Crippen molar-refractivity contribution in [3.05, 3.63) is 15.4 Å². The third kappa shape index (κ3) is 2.88. The molecule has 1 amide bonds. The molecule has 0 aliphatic carbocycles. The Balaban J connectivity index is 2.21. The Morgan fingerprint density at radius 1 is 1.53 bits per heavy atom. The molecule has 1 aliphatic rings. The molecule has 1 aliphatic heterocycles. The van der Waals surface area contributed by atoms with Crippen LogP contribution in [0.1, 0.15) is 19.0 Å². The molecule has 0 aromatic carbocycles. The predicted octanol–water partition coefficient (Wildman–Crippen LogP) is -0.356. The van der Waals surface area contributed by atoms with E-state index in [1.54, 1.807) is 6.92 Å². The van der Waals surface area contributed by atoms with E-state index in [9.17, 15) is 18.0 Å². The van der Waals surface area contributed by atoms with E-state index in [1.165, 1.54) is 11.2 Å². The quantitative estimate of drug-likeness (QED) is 0.797. The molecule has 0 bridgehead atoms. The molecule has 1 aromatic heterocycles. The van der Waals surface area contributed by atoms with Crippen LogP contribution in [-0.2, 0) is 14.8 Å². The normalized spacial score (nSPS) is 20.6. The molecule has 7 nitrogen and oxygen atoms in total. The van der Waals surface area contributed by atoms with Crippen molar-refractivity contribution in [3.63, 3.8) is 0 Å². The highest BCUT2D eigenvalue weighted by Gasteiger charge is 2.35. The number of carbonyl (C=O) groups is 1. The van der Waals surface area contributed by atoms with Crippen LogP contribution in [0.4, 0.5) is 0 Å². The van der Waals surface area contributed by atoms with Crippen molar-refractivity contribution in [2.24, 2.45) is 0 Å². The summed E-state index contributed by atoms with van der Waals surface area (Å²) >= 11 is 0.695. The van der Waals surface area contributed by atoms with E-state index in [0.717, 1.165) is 0 Å². The van der Waals surface area contributed by atoms with Crippen LogP contribution in [0, 0.1) is 6.92 Å². The van der Waals surface area contributed by atoms with Crippen LogP contribution in [0.15, 0.2) is 9.00 Å². The van der Waals surface area contributed by atoms with Gasteiger partial charge in [0.2, 0.25) is 5.91 Å². The van der Waals surface area contributed by atoms with Gasteiger partial charge in [0.25, 0.3) is 10.0 Å². The van der Waals surface area contributed by atoms with Gasteiger partial charge in [-0.1, -0.05) is 11.3 Å². The third-order valence-corrected chi connectivity index (χ3v) is 6.36. The molecule has 0 saturated carbocycles. The number of nitrogens with one attached hydrogen (secondary N) is 2. The number of aromatic nitrogens is 1. The zero-order valence-corrected chi connectivity index (χ0v) is 12.2. The first-order valence-electron chi connectivity index (χ1n) is 5.77. The molecule has 0 radical (unpaired) electrons. The van der Waals surface area contributed by atoms with Gasteiger partial charge in [-0.25, -0.2) is 8.42 Å². The maximum atomic E-state index is 12.4. The number of amides is 1. The summed E-state index contributed by atoms with van der Waals surface area (Å²) in [4.78, 5) is 24.3. The molecular weight excluding hydrogens is 290 g/mol. The Bertz CT molecular complexity index is 646. The summed E-state index contributed by atoms with van der Waals surface area (Å²) in [6.45, 7) is 3.55. The van der Waals surface area contributed by atoms with Crippen LogP contribution >= 0.6 is 11.3 Å². The zero-order valence-electron chi connectivity index (χ0n) is 10.6. The first-order valence-corrected chi connectivity index (χ1v) is 8.03. The Hall–Kier alpha value is -1.19. The molecule has 1 aromatic rings. The smallest absolute Gasteiger partial charge is 0.305 e. The second-order valence-electron chi connectivity index (χ2n) is 4.48. The lowest BCUT2D eigenvalue weighted by Gasteiger charge is -2.15. The summed E-state index contributed by atoms with van der Waals surface area (Å²) in [5.41, 5.74) is 0.359. The minimum atomic E-state index is -3.65. The molecule has 1 fully saturated rings. The summed E-state index contributed by atoms with van der Waals surface area (Å²) in [5, 5.41) is 2.70. The van der Waals surface area contributed by atoms with Gasteiger partial charge in [0.1, 0.15) is 0 Å². The highest BCUT2D eigenvalue weighted by Crippen LogP contribution is 2.24. The second-order valence-corrected chi connectivity index (χ2v) is 7.59. The number of rotatable bonds is 3. The van der Waals surface area contributed by atoms with E-state index in [0.29, 0.717) is 30.0 Å². The van der Waals surface area contributed by atoms with Crippen LogP contribution < -0.4 is 10.2 Å². The Kier molecular flexibility index (Phi) is 3.79. The van der Waals surface area contributed by atoms with Gasteiger partial charge in [0.05, 0.1) is 0 Å². The summed E-state index contributed by atoms with van der Waals surface area (Å²) in [6.07, 6.45) is 0.581. The van der Waals surface area contributed by atoms with Crippen LogP contribution in [-0.4, -0.2) is 42.7 Å². The van der Waals surface area contributed by atoms with E-state index in [4.69, 9.17) is 0 Å². The SMILES string of the molecule is CC(=O)NC1CCN(S(=O)(=O)c2sc(=O)[nH]c2C)C1. The molecular formula is C10H15N3O4S2.